The van der Waals surface area contributed by atoms with Gasteiger partial charge in [0.15, 0.2) is 0 Å². The van der Waals surface area contributed by atoms with Gasteiger partial charge >= 0.3 is 0 Å². The van der Waals surface area contributed by atoms with Crippen molar-refractivity contribution in [2.45, 2.75) is 32.2 Å². The molecular formula is C22H29N3O2. The zero-order chi connectivity index (χ0) is 19.4. The molecule has 1 aromatic carbocycles. The summed E-state index contributed by atoms with van der Waals surface area (Å²) in [6.07, 6.45) is 4.76. The van der Waals surface area contributed by atoms with Crippen molar-refractivity contribution in [2.75, 3.05) is 27.2 Å². The highest BCUT2D eigenvalue weighted by atomic mass is 16.2. The first-order valence-corrected chi connectivity index (χ1v) is 9.63. The number of carbonyl (C=O) groups excluding carboxylic acids is 1. The average molecular weight is 367 g/mol. The van der Waals surface area contributed by atoms with E-state index in [0.29, 0.717) is 5.92 Å². The Hall–Kier alpha value is -2.40. The second-order valence-electron chi connectivity index (χ2n) is 7.81. The molecule has 1 aromatic heterocycles. The number of aryl methyl sites for hydroxylation is 1. The third-order valence-electron chi connectivity index (χ3n) is 5.41. The molecule has 1 atom stereocenters. The second-order valence-corrected chi connectivity index (χ2v) is 7.81. The first kappa shape index (κ1) is 19.4. The maximum atomic E-state index is 13.2. The number of rotatable bonds is 5. The number of pyridine rings is 1. The molecule has 2 aromatic rings. The van der Waals surface area contributed by atoms with Crippen LogP contribution in [0.15, 0.2) is 47.4 Å². The molecule has 1 saturated heterocycles. The van der Waals surface area contributed by atoms with E-state index in [2.05, 4.69) is 24.0 Å². The lowest BCUT2D eigenvalue weighted by atomic mass is 9.90. The molecule has 3 rings (SSSR count). The molecule has 1 unspecified atom stereocenters. The molecule has 0 radical (unpaired) electrons. The lowest BCUT2D eigenvalue weighted by Gasteiger charge is -2.36. The Morgan fingerprint density at radius 1 is 1.22 bits per heavy atom. The molecule has 1 fully saturated rings. The standard InChI is InChI=1S/C22H29N3O2/c1-16-5-4-6-19(13-16)21(24(2)3)22(27)25-11-9-17(10-12-25)14-18-7-8-20(26)23-15-18/h4-8,13,15,17,21H,9-12,14H2,1-3H3,(H,23,26). The van der Waals surface area contributed by atoms with E-state index < -0.39 is 0 Å². The van der Waals surface area contributed by atoms with E-state index in [0.717, 1.165) is 43.5 Å². The number of aromatic nitrogens is 1. The molecule has 1 N–H and O–H groups in total. The maximum Gasteiger partial charge on any atom is 0.247 e. The Kier molecular flexibility index (Phi) is 6.11. The van der Waals surface area contributed by atoms with Gasteiger partial charge in [-0.1, -0.05) is 35.9 Å². The van der Waals surface area contributed by atoms with Crippen LogP contribution in [0.2, 0.25) is 0 Å². The number of piperidine rings is 1. The molecule has 0 bridgehead atoms. The monoisotopic (exact) mass is 367 g/mol. The zero-order valence-corrected chi connectivity index (χ0v) is 16.4. The Balaban J connectivity index is 1.62. The largest absolute Gasteiger partial charge is 0.341 e. The molecular weight excluding hydrogens is 338 g/mol. The van der Waals surface area contributed by atoms with Gasteiger partial charge in [-0.05, 0) is 57.3 Å². The predicted molar refractivity (Wildman–Crippen MR) is 108 cm³/mol. The predicted octanol–water partition coefficient (Wildman–Crippen LogP) is 2.77. The summed E-state index contributed by atoms with van der Waals surface area (Å²) < 4.78 is 0. The summed E-state index contributed by atoms with van der Waals surface area (Å²) in [6.45, 7) is 3.65. The number of likely N-dealkylation sites (N-methyl/N-ethyl adjacent to an activating group) is 1. The van der Waals surface area contributed by atoms with Crippen LogP contribution in [0.25, 0.3) is 0 Å². The van der Waals surface area contributed by atoms with Gasteiger partial charge in [0.25, 0.3) is 0 Å². The van der Waals surface area contributed by atoms with Gasteiger partial charge in [0, 0.05) is 25.4 Å². The van der Waals surface area contributed by atoms with Crippen molar-refractivity contribution in [3.05, 3.63) is 69.6 Å². The van der Waals surface area contributed by atoms with E-state index in [1.165, 1.54) is 5.56 Å². The average Bonchev–Trinajstić information content (AvgIpc) is 2.64. The number of aromatic amines is 1. The Labute approximate surface area is 161 Å². The lowest BCUT2D eigenvalue weighted by molar-refractivity contribution is -0.137. The number of nitrogens with zero attached hydrogens (tertiary/aromatic N) is 2. The van der Waals surface area contributed by atoms with E-state index in [1.54, 1.807) is 12.3 Å². The number of likely N-dealkylation sites (tertiary alicyclic amines) is 1. The van der Waals surface area contributed by atoms with E-state index in [4.69, 9.17) is 0 Å². The third-order valence-corrected chi connectivity index (χ3v) is 5.41. The topological polar surface area (TPSA) is 56.4 Å². The van der Waals surface area contributed by atoms with Crippen LogP contribution in [0.5, 0.6) is 0 Å². The van der Waals surface area contributed by atoms with Crippen molar-refractivity contribution in [1.29, 1.82) is 0 Å². The van der Waals surface area contributed by atoms with Crippen molar-refractivity contribution >= 4 is 5.91 Å². The molecule has 1 aliphatic heterocycles. The summed E-state index contributed by atoms with van der Waals surface area (Å²) >= 11 is 0. The van der Waals surface area contributed by atoms with Crippen molar-refractivity contribution in [1.82, 2.24) is 14.8 Å². The fourth-order valence-electron chi connectivity index (χ4n) is 3.94. The van der Waals surface area contributed by atoms with Gasteiger partial charge in [-0.3, -0.25) is 14.5 Å². The quantitative estimate of drug-likeness (QED) is 0.884. The lowest BCUT2D eigenvalue weighted by Crippen LogP contribution is -2.44. The highest BCUT2D eigenvalue weighted by Crippen LogP contribution is 2.26. The molecule has 1 amide bonds. The fraction of sp³-hybridized carbons (Fsp3) is 0.455. The number of carbonyl (C=O) groups is 1. The maximum absolute atomic E-state index is 13.2. The summed E-state index contributed by atoms with van der Waals surface area (Å²) in [4.78, 5) is 31.1. The van der Waals surface area contributed by atoms with Gasteiger partial charge < -0.3 is 9.88 Å². The van der Waals surface area contributed by atoms with Crippen LogP contribution in [0.4, 0.5) is 0 Å². The number of hydrogen-bond acceptors (Lipinski definition) is 3. The van der Waals surface area contributed by atoms with Crippen LogP contribution in [-0.2, 0) is 11.2 Å². The fourth-order valence-corrected chi connectivity index (χ4v) is 3.94. The molecule has 2 heterocycles. The molecule has 1 aliphatic rings. The summed E-state index contributed by atoms with van der Waals surface area (Å²) in [5.74, 6) is 0.741. The number of amides is 1. The van der Waals surface area contributed by atoms with E-state index in [-0.39, 0.29) is 17.5 Å². The number of hydrogen-bond donors (Lipinski definition) is 1. The Morgan fingerprint density at radius 3 is 2.56 bits per heavy atom. The van der Waals surface area contributed by atoms with Crippen molar-refractivity contribution in [3.63, 3.8) is 0 Å². The molecule has 144 valence electrons. The number of benzene rings is 1. The van der Waals surface area contributed by atoms with Crippen LogP contribution in [-0.4, -0.2) is 47.9 Å². The van der Waals surface area contributed by atoms with Crippen LogP contribution >= 0.6 is 0 Å². The van der Waals surface area contributed by atoms with Crippen LogP contribution < -0.4 is 5.56 Å². The summed E-state index contributed by atoms with van der Waals surface area (Å²) in [5, 5.41) is 0. The van der Waals surface area contributed by atoms with Gasteiger partial charge in [-0.15, -0.1) is 0 Å². The Bertz CT molecular complexity index is 815. The van der Waals surface area contributed by atoms with Crippen LogP contribution in [0.3, 0.4) is 0 Å². The molecule has 5 nitrogen and oxygen atoms in total. The smallest absolute Gasteiger partial charge is 0.247 e. The molecule has 5 heteroatoms. The minimum atomic E-state index is -0.236. The number of H-pyrrole nitrogens is 1. The first-order chi connectivity index (χ1) is 12.9. The summed E-state index contributed by atoms with van der Waals surface area (Å²) in [5.41, 5.74) is 3.32. The van der Waals surface area contributed by atoms with Crippen molar-refractivity contribution in [2.24, 2.45) is 5.92 Å². The van der Waals surface area contributed by atoms with Crippen molar-refractivity contribution < 1.29 is 4.79 Å². The second kappa shape index (κ2) is 8.53. The van der Waals surface area contributed by atoms with E-state index in [1.807, 2.05) is 42.1 Å². The van der Waals surface area contributed by atoms with Crippen LogP contribution in [0.1, 0.15) is 35.6 Å². The summed E-state index contributed by atoms with van der Waals surface area (Å²) in [7, 11) is 3.93. The first-order valence-electron chi connectivity index (χ1n) is 9.63. The van der Waals surface area contributed by atoms with Gasteiger partial charge in [0.2, 0.25) is 11.5 Å². The van der Waals surface area contributed by atoms with Crippen LogP contribution in [0, 0.1) is 12.8 Å². The minimum absolute atomic E-state index is 0.0648. The van der Waals surface area contributed by atoms with Gasteiger partial charge in [-0.2, -0.15) is 0 Å². The molecule has 27 heavy (non-hydrogen) atoms. The SMILES string of the molecule is Cc1cccc(C(C(=O)N2CCC(Cc3ccc(=O)[nH]c3)CC2)N(C)C)c1. The van der Waals surface area contributed by atoms with Crippen molar-refractivity contribution in [3.8, 4) is 0 Å². The normalized spacial score (nSPS) is 16.5. The van der Waals surface area contributed by atoms with E-state index >= 15 is 0 Å². The summed E-state index contributed by atoms with van der Waals surface area (Å²) in [6, 6.07) is 11.5. The Morgan fingerprint density at radius 2 is 1.96 bits per heavy atom. The highest BCUT2D eigenvalue weighted by molar-refractivity contribution is 5.83. The zero-order valence-electron chi connectivity index (χ0n) is 16.4. The molecule has 0 aliphatic carbocycles. The molecule has 0 saturated carbocycles. The third kappa shape index (κ3) is 4.86. The molecule has 0 spiro atoms. The minimum Gasteiger partial charge on any atom is -0.341 e. The van der Waals surface area contributed by atoms with Gasteiger partial charge in [0.05, 0.1) is 0 Å². The number of nitrogens with one attached hydrogen (secondary N) is 1. The van der Waals surface area contributed by atoms with Gasteiger partial charge in [0.1, 0.15) is 6.04 Å². The van der Waals surface area contributed by atoms with Gasteiger partial charge in [-0.25, -0.2) is 0 Å². The highest BCUT2D eigenvalue weighted by Gasteiger charge is 2.30. The van der Waals surface area contributed by atoms with E-state index in [9.17, 15) is 9.59 Å².